The molecule has 4 rings (SSSR count). The predicted molar refractivity (Wildman–Crippen MR) is 115 cm³/mol. The van der Waals surface area contributed by atoms with Gasteiger partial charge in [-0.05, 0) is 24.1 Å². The second-order valence-electron chi connectivity index (χ2n) is 6.81. The highest BCUT2D eigenvalue weighted by atomic mass is 35.5. The van der Waals surface area contributed by atoms with E-state index in [0.717, 1.165) is 17.1 Å². The van der Waals surface area contributed by atoms with Gasteiger partial charge in [-0.1, -0.05) is 42.0 Å². The van der Waals surface area contributed by atoms with Gasteiger partial charge in [0.05, 0.1) is 25.7 Å². The van der Waals surface area contributed by atoms with Gasteiger partial charge < -0.3 is 9.80 Å². The third-order valence-corrected chi connectivity index (χ3v) is 6.51. The summed E-state index contributed by atoms with van der Waals surface area (Å²) < 4.78 is 1.17. The number of carbonyl (C=O) groups is 1. The lowest BCUT2D eigenvalue weighted by molar-refractivity contribution is -0.384. The Labute approximate surface area is 176 Å². The molecule has 0 atom stereocenters. The van der Waals surface area contributed by atoms with Crippen molar-refractivity contribution >= 4 is 49.9 Å². The Balaban J connectivity index is 1.49. The van der Waals surface area contributed by atoms with Gasteiger partial charge in [-0.3, -0.25) is 14.9 Å². The maximum absolute atomic E-state index is 12.9. The Morgan fingerprint density at radius 3 is 2.69 bits per heavy atom. The molecule has 1 aliphatic heterocycles. The number of anilines is 1. The van der Waals surface area contributed by atoms with Gasteiger partial charge in [-0.25, -0.2) is 4.98 Å². The zero-order chi connectivity index (χ0) is 20.5. The van der Waals surface area contributed by atoms with Crippen LogP contribution in [0.15, 0.2) is 36.4 Å². The lowest BCUT2D eigenvalue weighted by Crippen LogP contribution is -2.48. The van der Waals surface area contributed by atoms with E-state index in [1.54, 1.807) is 16.2 Å². The molecule has 2 aromatic carbocycles. The number of hydrogen-bond acceptors (Lipinski definition) is 6. The maximum atomic E-state index is 12.9. The molecular weight excluding hydrogens is 412 g/mol. The fourth-order valence-corrected chi connectivity index (χ4v) is 4.74. The number of carbonyl (C=O) groups excluding carboxylic acids is 1. The molecule has 0 N–H and O–H groups in total. The molecule has 29 heavy (non-hydrogen) atoms. The number of rotatable bonds is 4. The number of nitrogens with zero attached hydrogens (tertiary/aromatic N) is 4. The minimum atomic E-state index is -0.525. The smallest absolute Gasteiger partial charge is 0.270 e. The second-order valence-corrected chi connectivity index (χ2v) is 8.23. The van der Waals surface area contributed by atoms with Gasteiger partial charge in [0.25, 0.3) is 11.6 Å². The molecule has 3 aromatic rings. The van der Waals surface area contributed by atoms with Crippen molar-refractivity contribution in [1.82, 2.24) is 9.88 Å². The first-order chi connectivity index (χ1) is 14.0. The molecule has 0 saturated carbocycles. The molecule has 0 radical (unpaired) electrons. The van der Waals surface area contributed by atoms with Crippen molar-refractivity contribution in [3.05, 3.63) is 62.7 Å². The van der Waals surface area contributed by atoms with E-state index >= 15 is 0 Å². The molecule has 0 aliphatic carbocycles. The summed E-state index contributed by atoms with van der Waals surface area (Å²) in [4.78, 5) is 32.0. The number of nitro benzene ring substituents is 1. The molecule has 0 unspecified atom stereocenters. The van der Waals surface area contributed by atoms with E-state index < -0.39 is 4.92 Å². The van der Waals surface area contributed by atoms with Crippen molar-refractivity contribution < 1.29 is 9.72 Å². The average Bonchev–Trinajstić information content (AvgIpc) is 3.18. The third-order valence-electron chi connectivity index (χ3n) is 5.10. The number of aryl methyl sites for hydroxylation is 1. The largest absolute Gasteiger partial charge is 0.345 e. The van der Waals surface area contributed by atoms with Crippen LogP contribution in [0.4, 0.5) is 10.8 Å². The van der Waals surface area contributed by atoms with Gasteiger partial charge in [-0.15, -0.1) is 0 Å². The average molecular weight is 431 g/mol. The van der Waals surface area contributed by atoms with Crippen LogP contribution in [0.3, 0.4) is 0 Å². The Bertz CT molecular complexity index is 1090. The van der Waals surface area contributed by atoms with Crippen molar-refractivity contribution in [3.63, 3.8) is 0 Å². The zero-order valence-corrected chi connectivity index (χ0v) is 17.4. The fourth-order valence-electron chi connectivity index (χ4n) is 3.48. The number of benzene rings is 2. The van der Waals surface area contributed by atoms with E-state index in [1.165, 1.54) is 28.5 Å². The van der Waals surface area contributed by atoms with Gasteiger partial charge in [0, 0.05) is 38.3 Å². The van der Waals surface area contributed by atoms with Crippen LogP contribution in [0.1, 0.15) is 22.8 Å². The van der Waals surface area contributed by atoms with Gasteiger partial charge in [-0.2, -0.15) is 0 Å². The van der Waals surface area contributed by atoms with E-state index in [0.29, 0.717) is 26.2 Å². The Hall–Kier alpha value is -2.71. The molecule has 1 amide bonds. The van der Waals surface area contributed by atoms with E-state index in [-0.39, 0.29) is 22.2 Å². The molecule has 1 saturated heterocycles. The summed E-state index contributed by atoms with van der Waals surface area (Å²) in [6.07, 6.45) is 0.937. The van der Waals surface area contributed by atoms with Crippen LogP contribution >= 0.6 is 22.9 Å². The third kappa shape index (κ3) is 3.77. The lowest BCUT2D eigenvalue weighted by atomic mass is 10.1. The molecular formula is C20H19ClN4O3S. The van der Waals surface area contributed by atoms with Gasteiger partial charge >= 0.3 is 0 Å². The summed E-state index contributed by atoms with van der Waals surface area (Å²) in [7, 11) is 0. The number of fused-ring (bicyclic) bond motifs is 1. The number of halogens is 1. The van der Waals surface area contributed by atoms with Crippen molar-refractivity contribution in [2.45, 2.75) is 13.3 Å². The van der Waals surface area contributed by atoms with Crippen molar-refractivity contribution in [2.75, 3.05) is 31.1 Å². The minimum Gasteiger partial charge on any atom is -0.345 e. The van der Waals surface area contributed by atoms with E-state index in [2.05, 4.69) is 30.0 Å². The second kappa shape index (κ2) is 7.96. The van der Waals surface area contributed by atoms with E-state index in [4.69, 9.17) is 16.6 Å². The fraction of sp³-hybridized carbons (Fsp3) is 0.300. The first-order valence-corrected chi connectivity index (χ1v) is 10.5. The molecule has 1 aliphatic rings. The van der Waals surface area contributed by atoms with Crippen LogP contribution < -0.4 is 4.90 Å². The molecule has 9 heteroatoms. The van der Waals surface area contributed by atoms with Gasteiger partial charge in [0.15, 0.2) is 5.13 Å². The zero-order valence-electron chi connectivity index (χ0n) is 15.8. The standard InChI is InChI=1S/C20H19ClN4O3S/c1-2-13-4-3-5-17-18(13)22-20(29-17)24-10-8-23(9-11-24)19(26)15-12-14(25(27)28)6-7-16(15)21/h3-7,12H,2,8-11H2,1H3. The summed E-state index contributed by atoms with van der Waals surface area (Å²) in [5.74, 6) is -0.282. The van der Waals surface area contributed by atoms with E-state index in [1.807, 2.05) is 0 Å². The summed E-state index contributed by atoms with van der Waals surface area (Å²) >= 11 is 7.79. The molecule has 1 fully saturated rings. The Kier molecular flexibility index (Phi) is 5.38. The minimum absolute atomic E-state index is 0.141. The van der Waals surface area contributed by atoms with Crippen LogP contribution in [0.5, 0.6) is 0 Å². The van der Waals surface area contributed by atoms with Gasteiger partial charge in [0.2, 0.25) is 0 Å². The SMILES string of the molecule is CCc1cccc2sc(N3CCN(C(=O)c4cc([N+](=O)[O-])ccc4Cl)CC3)nc12. The van der Waals surface area contributed by atoms with E-state index in [9.17, 15) is 14.9 Å². The number of thiazole rings is 1. The number of nitro groups is 1. The Morgan fingerprint density at radius 2 is 2.00 bits per heavy atom. The molecule has 150 valence electrons. The molecule has 1 aromatic heterocycles. The van der Waals surface area contributed by atoms with Crippen molar-refractivity contribution in [3.8, 4) is 0 Å². The first-order valence-electron chi connectivity index (χ1n) is 9.34. The normalized spacial score (nSPS) is 14.4. The summed E-state index contributed by atoms with van der Waals surface area (Å²) in [6.45, 7) is 4.44. The highest BCUT2D eigenvalue weighted by molar-refractivity contribution is 7.22. The monoisotopic (exact) mass is 430 g/mol. The van der Waals surface area contributed by atoms with Gasteiger partial charge in [0.1, 0.15) is 0 Å². The number of amides is 1. The van der Waals surface area contributed by atoms with Crippen LogP contribution in [0, 0.1) is 10.1 Å². The summed E-state index contributed by atoms with van der Waals surface area (Å²) in [6, 6.07) is 10.2. The maximum Gasteiger partial charge on any atom is 0.270 e. The Morgan fingerprint density at radius 1 is 1.24 bits per heavy atom. The lowest BCUT2D eigenvalue weighted by Gasteiger charge is -2.34. The highest BCUT2D eigenvalue weighted by Gasteiger charge is 2.26. The van der Waals surface area contributed by atoms with Crippen LogP contribution in [-0.4, -0.2) is 46.9 Å². The van der Waals surface area contributed by atoms with Crippen molar-refractivity contribution in [2.24, 2.45) is 0 Å². The molecule has 0 spiro atoms. The predicted octanol–water partition coefficient (Wildman–Crippen LogP) is 4.38. The van der Waals surface area contributed by atoms with Crippen LogP contribution in [-0.2, 0) is 6.42 Å². The first kappa shape index (κ1) is 19.6. The summed E-state index contributed by atoms with van der Waals surface area (Å²) in [5.41, 5.74) is 2.32. The highest BCUT2D eigenvalue weighted by Crippen LogP contribution is 2.32. The molecule has 7 nitrogen and oxygen atoms in total. The number of piperazine rings is 1. The summed E-state index contributed by atoms with van der Waals surface area (Å²) in [5, 5.41) is 12.2. The van der Waals surface area contributed by atoms with Crippen LogP contribution in [0.2, 0.25) is 5.02 Å². The molecule has 2 heterocycles. The quantitative estimate of drug-likeness (QED) is 0.453. The number of hydrogen-bond donors (Lipinski definition) is 0. The molecule has 0 bridgehead atoms. The number of para-hydroxylation sites is 1. The topological polar surface area (TPSA) is 79.6 Å². The van der Waals surface area contributed by atoms with Crippen molar-refractivity contribution in [1.29, 1.82) is 0 Å². The number of aromatic nitrogens is 1. The number of non-ortho nitro benzene ring substituents is 1. The van der Waals surface area contributed by atoms with Crippen LogP contribution in [0.25, 0.3) is 10.2 Å².